The highest BCUT2D eigenvalue weighted by Gasteiger charge is 2.39. The van der Waals surface area contributed by atoms with Crippen LogP contribution in [0.5, 0.6) is 0 Å². The van der Waals surface area contributed by atoms with E-state index in [1.165, 1.54) is 0 Å². The molecule has 184 valence electrons. The van der Waals surface area contributed by atoms with Crippen LogP contribution < -0.4 is 15.5 Å². The number of carbonyl (C=O) groups is 2. The molecule has 0 saturated carbocycles. The van der Waals surface area contributed by atoms with E-state index in [4.69, 9.17) is 0 Å². The Morgan fingerprint density at radius 3 is 2.47 bits per heavy atom. The van der Waals surface area contributed by atoms with Gasteiger partial charge in [0.25, 0.3) is 5.91 Å². The van der Waals surface area contributed by atoms with Crippen molar-refractivity contribution in [1.29, 1.82) is 0 Å². The van der Waals surface area contributed by atoms with Gasteiger partial charge in [0.15, 0.2) is 0 Å². The minimum atomic E-state index is -2.50. The van der Waals surface area contributed by atoms with Crippen LogP contribution in [0.15, 0.2) is 36.4 Å². The largest absolute Gasteiger partial charge is 0.363 e. The number of fused-ring (bicyclic) bond motifs is 1. The van der Waals surface area contributed by atoms with Crippen LogP contribution in [-0.2, 0) is 4.79 Å². The van der Waals surface area contributed by atoms with Crippen LogP contribution in [0.3, 0.4) is 0 Å². The van der Waals surface area contributed by atoms with Crippen molar-refractivity contribution in [3.05, 3.63) is 53.2 Å². The van der Waals surface area contributed by atoms with Crippen molar-refractivity contribution in [2.24, 2.45) is 5.92 Å². The fourth-order valence-electron chi connectivity index (χ4n) is 4.95. The monoisotopic (exact) mass is 486 g/mol. The SMILES string of the molecule is CC(=O)N1c2ccc(C(=O)NC3CCS(O)(O)CC3)cc2[C@H](Nc2cccc(C)n2)[C@@H](C)[C@@H]1C. The predicted molar refractivity (Wildman–Crippen MR) is 137 cm³/mol. The van der Waals surface area contributed by atoms with Crippen molar-refractivity contribution in [3.8, 4) is 0 Å². The lowest BCUT2D eigenvalue weighted by molar-refractivity contribution is -0.117. The van der Waals surface area contributed by atoms with E-state index in [1.807, 2.05) is 44.2 Å². The summed E-state index contributed by atoms with van der Waals surface area (Å²) in [5, 5.41) is 6.59. The maximum atomic E-state index is 13.1. The molecule has 0 radical (unpaired) electrons. The van der Waals surface area contributed by atoms with E-state index in [0.717, 1.165) is 22.8 Å². The molecular weight excluding hydrogens is 452 g/mol. The number of rotatable bonds is 4. The second-order valence-corrected chi connectivity index (χ2v) is 11.9. The number of hydrogen-bond acceptors (Lipinski definition) is 6. The first-order chi connectivity index (χ1) is 16.1. The summed E-state index contributed by atoms with van der Waals surface area (Å²) < 4.78 is 19.7. The van der Waals surface area contributed by atoms with Crippen molar-refractivity contribution in [1.82, 2.24) is 10.3 Å². The predicted octanol–water partition coefficient (Wildman–Crippen LogP) is 4.58. The number of amides is 2. The molecule has 2 aliphatic heterocycles. The van der Waals surface area contributed by atoms with Gasteiger partial charge >= 0.3 is 0 Å². The van der Waals surface area contributed by atoms with Crippen LogP contribution in [-0.4, -0.2) is 49.5 Å². The zero-order valence-electron chi connectivity index (χ0n) is 20.1. The number of aryl methyl sites for hydroxylation is 1. The fourth-order valence-corrected chi connectivity index (χ4v) is 6.48. The average Bonchev–Trinajstić information content (AvgIpc) is 2.78. The molecule has 4 rings (SSSR count). The fraction of sp³-hybridized carbons (Fsp3) is 0.480. The van der Waals surface area contributed by atoms with Gasteiger partial charge in [-0.05, 0) is 62.6 Å². The standard InChI is InChI=1S/C25H34N4O4S/c1-15-6-5-7-23(26-15)28-24-16(2)17(3)29(18(4)30)22-9-8-19(14-21(22)24)25(31)27-20-10-12-34(32,33)13-11-20/h5-9,14,16-17,20,24,32-33H,10-13H2,1-4H3,(H,26,28)(H,27,31)/t16-,17-,24+/m0/s1. The molecule has 4 N–H and O–H groups in total. The van der Waals surface area contributed by atoms with Gasteiger partial charge in [0, 0.05) is 53.4 Å². The summed E-state index contributed by atoms with van der Waals surface area (Å²) in [6.45, 7) is 7.65. The number of carbonyl (C=O) groups excluding carboxylic acids is 2. The summed E-state index contributed by atoms with van der Waals surface area (Å²) in [5.41, 5.74) is 3.11. The van der Waals surface area contributed by atoms with Gasteiger partial charge in [-0.2, -0.15) is 10.6 Å². The van der Waals surface area contributed by atoms with E-state index in [1.54, 1.807) is 17.9 Å². The third-order valence-electron chi connectivity index (χ3n) is 7.03. The molecule has 1 saturated heterocycles. The van der Waals surface area contributed by atoms with Gasteiger partial charge in [0.1, 0.15) is 5.82 Å². The van der Waals surface area contributed by atoms with Crippen LogP contribution in [0.25, 0.3) is 0 Å². The molecule has 34 heavy (non-hydrogen) atoms. The molecule has 2 aromatic rings. The van der Waals surface area contributed by atoms with Crippen LogP contribution in [0.4, 0.5) is 11.5 Å². The molecule has 1 fully saturated rings. The Bertz CT molecular complexity index is 1080. The van der Waals surface area contributed by atoms with Gasteiger partial charge in [-0.15, -0.1) is 0 Å². The minimum Gasteiger partial charge on any atom is -0.363 e. The van der Waals surface area contributed by atoms with E-state index in [-0.39, 0.29) is 35.9 Å². The van der Waals surface area contributed by atoms with Gasteiger partial charge in [-0.1, -0.05) is 13.0 Å². The number of anilines is 2. The van der Waals surface area contributed by atoms with E-state index in [0.29, 0.717) is 29.9 Å². The van der Waals surface area contributed by atoms with Crippen molar-refractivity contribution in [2.75, 3.05) is 21.7 Å². The lowest BCUT2D eigenvalue weighted by Gasteiger charge is -2.44. The van der Waals surface area contributed by atoms with Crippen molar-refractivity contribution >= 4 is 33.9 Å². The van der Waals surface area contributed by atoms with E-state index >= 15 is 0 Å². The Morgan fingerprint density at radius 2 is 1.82 bits per heavy atom. The molecule has 2 aliphatic rings. The molecule has 0 spiro atoms. The molecular formula is C25H34N4O4S. The van der Waals surface area contributed by atoms with Crippen molar-refractivity contribution < 1.29 is 18.7 Å². The lowest BCUT2D eigenvalue weighted by Crippen LogP contribution is -2.48. The Hall–Kier alpha value is -2.62. The molecule has 3 atom stereocenters. The second-order valence-electron chi connectivity index (χ2n) is 9.51. The van der Waals surface area contributed by atoms with Crippen LogP contribution in [0, 0.1) is 12.8 Å². The molecule has 1 aromatic carbocycles. The molecule has 0 unspecified atom stereocenters. The summed E-state index contributed by atoms with van der Waals surface area (Å²) >= 11 is 0. The molecule has 1 aromatic heterocycles. The van der Waals surface area contributed by atoms with E-state index in [9.17, 15) is 18.7 Å². The minimum absolute atomic E-state index is 0.0334. The first kappa shape index (κ1) is 24.5. The Labute approximate surface area is 202 Å². The second kappa shape index (κ2) is 9.56. The highest BCUT2D eigenvalue weighted by Crippen LogP contribution is 2.44. The third-order valence-corrected chi connectivity index (χ3v) is 8.81. The molecule has 0 bridgehead atoms. The van der Waals surface area contributed by atoms with Gasteiger partial charge in [0.2, 0.25) is 5.91 Å². The summed E-state index contributed by atoms with van der Waals surface area (Å²) in [6.07, 6.45) is 1.10. The maximum absolute atomic E-state index is 13.1. The Balaban J connectivity index is 1.64. The molecule has 0 aliphatic carbocycles. The summed E-state index contributed by atoms with van der Waals surface area (Å²) in [6, 6.07) is 11.0. The average molecular weight is 487 g/mol. The first-order valence-electron chi connectivity index (χ1n) is 11.7. The summed E-state index contributed by atoms with van der Waals surface area (Å²) in [5.74, 6) is 1.23. The maximum Gasteiger partial charge on any atom is 0.251 e. The number of aromatic nitrogens is 1. The Morgan fingerprint density at radius 1 is 1.12 bits per heavy atom. The van der Waals surface area contributed by atoms with Crippen LogP contribution in [0.2, 0.25) is 0 Å². The van der Waals surface area contributed by atoms with Crippen LogP contribution >= 0.6 is 10.6 Å². The topological polar surface area (TPSA) is 115 Å². The number of pyridine rings is 1. The lowest BCUT2D eigenvalue weighted by atomic mass is 9.82. The number of hydrogen-bond donors (Lipinski definition) is 4. The van der Waals surface area contributed by atoms with E-state index in [2.05, 4.69) is 22.5 Å². The smallest absolute Gasteiger partial charge is 0.251 e. The highest BCUT2D eigenvalue weighted by atomic mass is 32.3. The summed E-state index contributed by atoms with van der Waals surface area (Å²) in [7, 11) is -2.50. The zero-order chi connectivity index (χ0) is 24.6. The summed E-state index contributed by atoms with van der Waals surface area (Å²) in [4.78, 5) is 32.0. The number of nitrogens with zero attached hydrogens (tertiary/aromatic N) is 2. The van der Waals surface area contributed by atoms with Gasteiger partial charge < -0.3 is 15.5 Å². The third kappa shape index (κ3) is 5.06. The van der Waals surface area contributed by atoms with Gasteiger partial charge in [-0.25, -0.2) is 4.98 Å². The normalized spacial score (nSPS) is 25.2. The first-order valence-corrected chi connectivity index (χ1v) is 13.6. The molecule has 3 heterocycles. The van der Waals surface area contributed by atoms with Gasteiger partial charge in [-0.3, -0.25) is 18.7 Å². The Kier molecular flexibility index (Phi) is 6.89. The number of benzene rings is 1. The van der Waals surface area contributed by atoms with Crippen molar-refractivity contribution in [3.63, 3.8) is 0 Å². The quantitative estimate of drug-likeness (QED) is 0.503. The molecule has 8 nitrogen and oxygen atoms in total. The van der Waals surface area contributed by atoms with E-state index < -0.39 is 10.6 Å². The molecule has 9 heteroatoms. The zero-order valence-corrected chi connectivity index (χ0v) is 20.9. The number of nitrogens with one attached hydrogen (secondary N) is 2. The van der Waals surface area contributed by atoms with Gasteiger partial charge in [0.05, 0.1) is 6.04 Å². The molecule has 2 amide bonds. The van der Waals surface area contributed by atoms with Crippen molar-refractivity contribution in [2.45, 2.75) is 58.7 Å². The highest BCUT2D eigenvalue weighted by molar-refractivity contribution is 8.24. The van der Waals surface area contributed by atoms with Crippen LogP contribution in [0.1, 0.15) is 61.3 Å².